The third-order valence-corrected chi connectivity index (χ3v) is 8.38. The summed E-state index contributed by atoms with van der Waals surface area (Å²) in [7, 11) is 0. The van der Waals surface area contributed by atoms with Gasteiger partial charge in [0.1, 0.15) is 18.1 Å². The van der Waals surface area contributed by atoms with Gasteiger partial charge in [-0.1, -0.05) is 70.4 Å². The van der Waals surface area contributed by atoms with Gasteiger partial charge in [-0.15, -0.1) is 0 Å². The largest absolute Gasteiger partial charge is 0.494 e. The normalized spacial score (nSPS) is 14.7. The second-order valence-electron chi connectivity index (χ2n) is 9.53. The molecule has 0 unspecified atom stereocenters. The van der Waals surface area contributed by atoms with Crippen molar-refractivity contribution in [1.29, 1.82) is 0 Å². The first-order valence-electron chi connectivity index (χ1n) is 13.5. The molecule has 0 aliphatic carbocycles. The van der Waals surface area contributed by atoms with Crippen LogP contribution in [0.3, 0.4) is 0 Å². The van der Waals surface area contributed by atoms with Gasteiger partial charge < -0.3 is 14.2 Å². The van der Waals surface area contributed by atoms with Gasteiger partial charge in [-0.2, -0.15) is 0 Å². The fraction of sp³-hybridized carbons (Fsp3) is 0.219. The van der Waals surface area contributed by atoms with Crippen LogP contribution in [0, 0.1) is 0 Å². The molecule has 0 N–H and O–H groups in total. The molecule has 3 aromatic carbocycles. The zero-order valence-corrected chi connectivity index (χ0v) is 26.6. The highest BCUT2D eigenvalue weighted by Gasteiger charge is 2.33. The third kappa shape index (κ3) is 6.68. The molecule has 222 valence electrons. The molecule has 0 spiro atoms. The second kappa shape index (κ2) is 13.4. The minimum atomic E-state index is -0.753. The Kier molecular flexibility index (Phi) is 9.62. The van der Waals surface area contributed by atoms with E-state index in [1.54, 1.807) is 44.2 Å². The Bertz CT molecular complexity index is 1880. The van der Waals surface area contributed by atoms with E-state index in [9.17, 15) is 9.59 Å². The van der Waals surface area contributed by atoms with Gasteiger partial charge in [0.25, 0.3) is 5.56 Å². The molecule has 5 rings (SSSR count). The smallest absolute Gasteiger partial charge is 0.338 e. The van der Waals surface area contributed by atoms with Gasteiger partial charge in [0.05, 0.1) is 40.1 Å². The van der Waals surface area contributed by atoms with Crippen molar-refractivity contribution in [3.63, 3.8) is 0 Å². The Morgan fingerprint density at radius 3 is 2.37 bits per heavy atom. The number of nitrogens with zero attached hydrogens (tertiary/aromatic N) is 2. The van der Waals surface area contributed by atoms with Crippen LogP contribution in [-0.4, -0.2) is 23.8 Å². The van der Waals surface area contributed by atoms with Crippen LogP contribution in [-0.2, 0) is 16.1 Å². The van der Waals surface area contributed by atoms with Crippen LogP contribution in [0.25, 0.3) is 6.08 Å². The predicted octanol–water partition coefficient (Wildman–Crippen LogP) is 6.74. The average molecular weight is 658 g/mol. The van der Waals surface area contributed by atoms with Crippen LogP contribution in [0.1, 0.15) is 43.5 Å². The lowest BCUT2D eigenvalue weighted by molar-refractivity contribution is -0.139. The summed E-state index contributed by atoms with van der Waals surface area (Å²) in [6.07, 6.45) is 1.68. The monoisotopic (exact) mass is 656 g/mol. The summed E-state index contributed by atoms with van der Waals surface area (Å²) in [5.41, 5.74) is 2.56. The number of fused-ring (bicyclic) bond motifs is 1. The van der Waals surface area contributed by atoms with E-state index < -0.39 is 12.0 Å². The average Bonchev–Trinajstić information content (AvgIpc) is 3.27. The zero-order chi connectivity index (χ0) is 30.7. The number of hydrogen-bond acceptors (Lipinski definition) is 7. The summed E-state index contributed by atoms with van der Waals surface area (Å²) in [5, 5.41) is 1.30. The number of aromatic nitrogens is 1. The number of allylic oxidation sites excluding steroid dienone is 1. The van der Waals surface area contributed by atoms with Crippen LogP contribution < -0.4 is 24.4 Å². The number of thiazole rings is 1. The molecule has 11 heteroatoms. The van der Waals surface area contributed by atoms with Gasteiger partial charge in [-0.3, -0.25) is 9.36 Å². The third-order valence-electron chi connectivity index (χ3n) is 6.64. The van der Waals surface area contributed by atoms with Crippen molar-refractivity contribution in [3.05, 3.63) is 123 Å². The van der Waals surface area contributed by atoms with Crippen LogP contribution >= 0.6 is 46.1 Å². The summed E-state index contributed by atoms with van der Waals surface area (Å²) >= 11 is 20.1. The van der Waals surface area contributed by atoms with E-state index in [0.717, 1.165) is 5.56 Å². The predicted molar refractivity (Wildman–Crippen MR) is 170 cm³/mol. The SMILES string of the molecule is CCOC(=O)C1=C(C)N=c2s/c(=C\c3cc(Cl)cc(Cl)c3OCc3ccc(Cl)cc3)c(=O)n2[C@@H]1c1ccc(OCC)cc1. The molecule has 0 amide bonds. The lowest BCUT2D eigenvalue weighted by Gasteiger charge is -2.24. The molecule has 7 nitrogen and oxygen atoms in total. The number of carbonyl (C=O) groups excluding carboxylic acids is 1. The van der Waals surface area contributed by atoms with Crippen LogP contribution in [0.2, 0.25) is 15.1 Å². The number of halogens is 3. The summed E-state index contributed by atoms with van der Waals surface area (Å²) in [6.45, 7) is 6.30. The first-order valence-corrected chi connectivity index (χ1v) is 15.4. The molecule has 1 aliphatic rings. The number of benzene rings is 3. The van der Waals surface area contributed by atoms with Crippen molar-refractivity contribution in [1.82, 2.24) is 4.57 Å². The fourth-order valence-corrected chi connectivity index (χ4v) is 6.46. The van der Waals surface area contributed by atoms with Crippen molar-refractivity contribution in [2.45, 2.75) is 33.4 Å². The molecular weight excluding hydrogens is 631 g/mol. The quantitative estimate of drug-likeness (QED) is 0.187. The minimum Gasteiger partial charge on any atom is -0.494 e. The van der Waals surface area contributed by atoms with Gasteiger partial charge in [-0.25, -0.2) is 9.79 Å². The van der Waals surface area contributed by atoms with E-state index in [2.05, 4.69) is 4.99 Å². The summed E-state index contributed by atoms with van der Waals surface area (Å²) in [6, 6.07) is 17.1. The summed E-state index contributed by atoms with van der Waals surface area (Å²) in [5.74, 6) is 0.524. The highest BCUT2D eigenvalue weighted by Crippen LogP contribution is 2.34. The van der Waals surface area contributed by atoms with E-state index in [0.29, 0.717) is 64.9 Å². The number of hydrogen-bond donors (Lipinski definition) is 0. The topological polar surface area (TPSA) is 79.1 Å². The standard InChI is InChI=1S/C32H27Cl3N2O5S/c1-4-40-24-12-8-20(9-13-24)28-27(31(39)41-5-2)18(3)36-32-37(28)30(38)26(43-32)15-21-14-23(34)16-25(35)29(21)42-17-19-6-10-22(33)11-7-19/h6-16,28H,4-5,17H2,1-3H3/b26-15-/t28-/m1/s1. The van der Waals surface area contributed by atoms with Crippen LogP contribution in [0.15, 0.2) is 81.7 Å². The Balaban J connectivity index is 1.63. The van der Waals surface area contributed by atoms with Crippen LogP contribution in [0.4, 0.5) is 0 Å². The van der Waals surface area contributed by atoms with E-state index in [1.165, 1.54) is 15.9 Å². The molecule has 1 aliphatic heterocycles. The highest BCUT2D eigenvalue weighted by molar-refractivity contribution is 7.07. The van der Waals surface area contributed by atoms with Crippen molar-refractivity contribution >= 4 is 58.2 Å². The van der Waals surface area contributed by atoms with E-state index in [-0.39, 0.29) is 18.8 Å². The fourth-order valence-electron chi connectivity index (χ4n) is 4.74. The maximum Gasteiger partial charge on any atom is 0.338 e. The molecule has 0 radical (unpaired) electrons. The molecular formula is C32H27Cl3N2O5S. The number of esters is 1. The van der Waals surface area contributed by atoms with Crippen molar-refractivity contribution < 1.29 is 19.0 Å². The molecule has 43 heavy (non-hydrogen) atoms. The molecule has 0 fully saturated rings. The molecule has 1 aromatic heterocycles. The van der Waals surface area contributed by atoms with Gasteiger partial charge in [-0.05, 0) is 74.4 Å². The van der Waals surface area contributed by atoms with Gasteiger partial charge in [0.15, 0.2) is 4.80 Å². The summed E-state index contributed by atoms with van der Waals surface area (Å²) < 4.78 is 19.0. The van der Waals surface area contributed by atoms with E-state index in [1.807, 2.05) is 43.3 Å². The number of ether oxygens (including phenoxy) is 3. The highest BCUT2D eigenvalue weighted by atomic mass is 35.5. The van der Waals surface area contributed by atoms with Crippen molar-refractivity contribution in [3.8, 4) is 11.5 Å². The first-order chi connectivity index (χ1) is 20.7. The number of carbonyl (C=O) groups is 1. The lowest BCUT2D eigenvalue weighted by atomic mass is 9.96. The van der Waals surface area contributed by atoms with Crippen molar-refractivity contribution in [2.24, 2.45) is 4.99 Å². The Morgan fingerprint density at radius 2 is 1.70 bits per heavy atom. The molecule has 0 bridgehead atoms. The zero-order valence-electron chi connectivity index (χ0n) is 23.5. The van der Waals surface area contributed by atoms with Gasteiger partial charge in [0, 0.05) is 15.6 Å². The van der Waals surface area contributed by atoms with Gasteiger partial charge in [0.2, 0.25) is 0 Å². The molecule has 2 heterocycles. The minimum absolute atomic E-state index is 0.185. The van der Waals surface area contributed by atoms with Crippen LogP contribution in [0.5, 0.6) is 11.5 Å². The summed E-state index contributed by atoms with van der Waals surface area (Å²) in [4.78, 5) is 32.3. The maximum absolute atomic E-state index is 14.1. The first kappa shape index (κ1) is 30.9. The van der Waals surface area contributed by atoms with E-state index >= 15 is 0 Å². The number of rotatable bonds is 9. The molecule has 0 saturated heterocycles. The molecule has 0 saturated carbocycles. The molecule has 1 atom stereocenters. The second-order valence-corrected chi connectivity index (χ2v) is 11.8. The Hall–Kier alpha value is -3.56. The lowest BCUT2D eigenvalue weighted by Crippen LogP contribution is -2.39. The van der Waals surface area contributed by atoms with Gasteiger partial charge >= 0.3 is 5.97 Å². The Morgan fingerprint density at radius 1 is 0.977 bits per heavy atom. The Labute approximate surface area is 267 Å². The molecule has 4 aromatic rings. The maximum atomic E-state index is 14.1. The van der Waals surface area contributed by atoms with Crippen molar-refractivity contribution in [2.75, 3.05) is 13.2 Å². The van der Waals surface area contributed by atoms with E-state index in [4.69, 9.17) is 49.0 Å².